The molecule has 46 valence electrons. The molecule has 0 aliphatic heterocycles. The van der Waals surface area contributed by atoms with Gasteiger partial charge in [0.25, 0.3) is 0 Å². The van der Waals surface area contributed by atoms with E-state index in [1.54, 1.807) is 0 Å². The molecule has 0 radical (unpaired) electrons. The smallest absolute Gasteiger partial charge is 0.312 e. The molecule has 4 heteroatoms. The number of primary amides is 1. The molecular weight excluding hydrogens is 108 g/mol. The van der Waals surface area contributed by atoms with Crippen LogP contribution in [0.2, 0.25) is 0 Å². The first-order chi connectivity index (χ1) is 3.77. The summed E-state index contributed by atoms with van der Waals surface area (Å²) in [5.74, 6) is 0. The molecule has 0 fully saturated rings. The van der Waals surface area contributed by atoms with Crippen molar-refractivity contribution in [3.63, 3.8) is 0 Å². The predicted molar refractivity (Wildman–Crippen MR) is 28.3 cm³/mol. The highest BCUT2D eigenvalue weighted by atomic mass is 16.2. The van der Waals surface area contributed by atoms with Crippen LogP contribution in [0.5, 0.6) is 0 Å². The highest BCUT2D eigenvalue weighted by molar-refractivity contribution is 5.71. The Hall–Kier alpha value is -1.06. The number of amides is 2. The molecule has 0 aromatic heterocycles. The van der Waals surface area contributed by atoms with Gasteiger partial charge in [0.1, 0.15) is 6.29 Å². The van der Waals surface area contributed by atoms with Gasteiger partial charge in [0, 0.05) is 13.0 Å². The van der Waals surface area contributed by atoms with Crippen molar-refractivity contribution < 1.29 is 9.59 Å². The first-order valence-corrected chi connectivity index (χ1v) is 2.24. The molecule has 0 atom stereocenters. The minimum Gasteiger partial charge on any atom is -0.352 e. The van der Waals surface area contributed by atoms with Crippen molar-refractivity contribution in [1.82, 2.24) is 5.32 Å². The van der Waals surface area contributed by atoms with Crippen LogP contribution in [0.15, 0.2) is 0 Å². The van der Waals surface area contributed by atoms with E-state index in [9.17, 15) is 9.59 Å². The average molecular weight is 116 g/mol. The van der Waals surface area contributed by atoms with E-state index in [1.807, 2.05) is 0 Å². The lowest BCUT2D eigenvalue weighted by Crippen LogP contribution is -2.30. The van der Waals surface area contributed by atoms with Crippen LogP contribution in [0.1, 0.15) is 6.42 Å². The van der Waals surface area contributed by atoms with Gasteiger partial charge in [0.05, 0.1) is 0 Å². The molecule has 4 nitrogen and oxygen atoms in total. The summed E-state index contributed by atoms with van der Waals surface area (Å²) in [5.41, 5.74) is 4.67. The molecule has 0 aromatic carbocycles. The molecule has 0 rings (SSSR count). The maximum atomic E-state index is 9.87. The van der Waals surface area contributed by atoms with Crippen molar-refractivity contribution >= 4 is 12.3 Å². The molecule has 3 N–H and O–H groups in total. The molecule has 0 spiro atoms. The summed E-state index contributed by atoms with van der Waals surface area (Å²) in [5, 5.41) is 2.25. The lowest BCUT2D eigenvalue weighted by atomic mass is 10.5. The summed E-state index contributed by atoms with van der Waals surface area (Å²) < 4.78 is 0. The number of aldehydes is 1. The van der Waals surface area contributed by atoms with Gasteiger partial charge in [0.15, 0.2) is 0 Å². The summed E-state index contributed by atoms with van der Waals surface area (Å²) in [6.45, 7) is 0.332. The number of urea groups is 1. The van der Waals surface area contributed by atoms with Crippen molar-refractivity contribution in [3.8, 4) is 0 Å². The van der Waals surface area contributed by atoms with Gasteiger partial charge in [-0.1, -0.05) is 0 Å². The molecular formula is C4H8N2O2. The second-order valence-electron chi connectivity index (χ2n) is 1.25. The molecule has 0 unspecified atom stereocenters. The van der Waals surface area contributed by atoms with E-state index < -0.39 is 6.03 Å². The Morgan fingerprint density at radius 2 is 2.38 bits per heavy atom. The highest BCUT2D eigenvalue weighted by Crippen LogP contribution is 1.64. The van der Waals surface area contributed by atoms with Gasteiger partial charge >= 0.3 is 6.03 Å². The van der Waals surface area contributed by atoms with Crippen LogP contribution in [0.4, 0.5) is 4.79 Å². The van der Waals surface area contributed by atoms with Crippen molar-refractivity contribution in [2.45, 2.75) is 6.42 Å². The average Bonchev–Trinajstić information content (AvgIpc) is 1.66. The zero-order valence-electron chi connectivity index (χ0n) is 4.39. The lowest BCUT2D eigenvalue weighted by molar-refractivity contribution is -0.107. The number of carbonyl (C=O) groups is 2. The van der Waals surface area contributed by atoms with Crippen LogP contribution >= 0.6 is 0 Å². The zero-order valence-corrected chi connectivity index (χ0v) is 4.39. The predicted octanol–water partition coefficient (Wildman–Crippen LogP) is -0.756. The summed E-state index contributed by atoms with van der Waals surface area (Å²) in [6, 6.07) is -0.591. The zero-order chi connectivity index (χ0) is 6.41. The number of hydrogen-bond donors (Lipinski definition) is 2. The van der Waals surface area contributed by atoms with E-state index in [0.29, 0.717) is 13.0 Å². The van der Waals surface area contributed by atoms with Gasteiger partial charge in [-0.15, -0.1) is 0 Å². The molecule has 0 heterocycles. The largest absolute Gasteiger partial charge is 0.352 e. The fraction of sp³-hybridized carbons (Fsp3) is 0.500. The van der Waals surface area contributed by atoms with Crippen LogP contribution in [0.3, 0.4) is 0 Å². The lowest BCUT2D eigenvalue weighted by Gasteiger charge is -1.92. The monoisotopic (exact) mass is 116 g/mol. The third kappa shape index (κ3) is 4.94. The Bertz CT molecular complexity index is 92.0. The molecule has 8 heavy (non-hydrogen) atoms. The number of nitrogens with one attached hydrogen (secondary N) is 1. The fourth-order valence-corrected chi connectivity index (χ4v) is 0.254. The standard InChI is InChI=1S/C4H8N2O2/c5-4(8)6-2-1-3-7/h3H,1-2H2,(H3,5,6,8). The Labute approximate surface area is 47.0 Å². The minimum atomic E-state index is -0.591. The van der Waals surface area contributed by atoms with Crippen LogP contribution in [0.25, 0.3) is 0 Å². The molecule has 0 aliphatic carbocycles. The van der Waals surface area contributed by atoms with Gasteiger partial charge in [-0.2, -0.15) is 0 Å². The SMILES string of the molecule is NC(=O)NCCC=O. The van der Waals surface area contributed by atoms with Gasteiger partial charge in [-0.25, -0.2) is 4.79 Å². The molecule has 0 saturated carbocycles. The van der Waals surface area contributed by atoms with Gasteiger partial charge in [0.2, 0.25) is 0 Å². The van der Waals surface area contributed by atoms with Crippen LogP contribution in [0, 0.1) is 0 Å². The Balaban J connectivity index is 2.93. The van der Waals surface area contributed by atoms with E-state index in [-0.39, 0.29) is 0 Å². The van der Waals surface area contributed by atoms with Crippen molar-refractivity contribution in [2.24, 2.45) is 5.73 Å². The molecule has 0 bridgehead atoms. The van der Waals surface area contributed by atoms with Gasteiger partial charge in [-0.3, -0.25) is 0 Å². The third-order valence-corrected chi connectivity index (χ3v) is 0.561. The maximum Gasteiger partial charge on any atom is 0.312 e. The van der Waals surface area contributed by atoms with Crippen molar-refractivity contribution in [2.75, 3.05) is 6.54 Å². The summed E-state index contributed by atoms with van der Waals surface area (Å²) in [6.07, 6.45) is 1.04. The van der Waals surface area contributed by atoms with E-state index in [4.69, 9.17) is 0 Å². The second-order valence-corrected chi connectivity index (χ2v) is 1.25. The van der Waals surface area contributed by atoms with E-state index in [0.717, 1.165) is 6.29 Å². The number of carbonyl (C=O) groups excluding carboxylic acids is 2. The molecule has 0 saturated heterocycles. The second kappa shape index (κ2) is 4.11. The van der Waals surface area contributed by atoms with E-state index in [2.05, 4.69) is 11.1 Å². The summed E-state index contributed by atoms with van der Waals surface area (Å²) in [7, 11) is 0. The topological polar surface area (TPSA) is 72.2 Å². The molecule has 0 aromatic rings. The van der Waals surface area contributed by atoms with Crippen LogP contribution < -0.4 is 11.1 Å². The Morgan fingerprint density at radius 3 is 2.75 bits per heavy atom. The minimum absolute atomic E-state index is 0.322. The van der Waals surface area contributed by atoms with E-state index >= 15 is 0 Å². The number of rotatable bonds is 3. The third-order valence-electron chi connectivity index (χ3n) is 0.561. The fourth-order valence-electron chi connectivity index (χ4n) is 0.254. The Kier molecular flexibility index (Phi) is 3.56. The van der Waals surface area contributed by atoms with Crippen LogP contribution in [-0.2, 0) is 4.79 Å². The Morgan fingerprint density at radius 1 is 1.75 bits per heavy atom. The quantitative estimate of drug-likeness (QED) is 0.376. The highest BCUT2D eigenvalue weighted by Gasteiger charge is 1.86. The van der Waals surface area contributed by atoms with Crippen molar-refractivity contribution in [1.29, 1.82) is 0 Å². The van der Waals surface area contributed by atoms with Crippen molar-refractivity contribution in [3.05, 3.63) is 0 Å². The van der Waals surface area contributed by atoms with Crippen LogP contribution in [-0.4, -0.2) is 18.9 Å². The molecule has 2 amide bonds. The maximum absolute atomic E-state index is 9.87. The first kappa shape index (κ1) is 6.94. The summed E-state index contributed by atoms with van der Waals surface area (Å²) >= 11 is 0. The normalized spacial score (nSPS) is 8.00. The van der Waals surface area contributed by atoms with E-state index in [1.165, 1.54) is 0 Å². The number of nitrogens with two attached hydrogens (primary N) is 1. The first-order valence-electron chi connectivity index (χ1n) is 2.24. The van der Waals surface area contributed by atoms with Gasteiger partial charge in [-0.05, 0) is 0 Å². The number of hydrogen-bond acceptors (Lipinski definition) is 2. The summed E-state index contributed by atoms with van der Waals surface area (Å²) in [4.78, 5) is 19.5. The molecule has 0 aliphatic rings. The van der Waals surface area contributed by atoms with Gasteiger partial charge < -0.3 is 15.8 Å².